The van der Waals surface area contributed by atoms with Gasteiger partial charge in [-0.25, -0.2) is 8.96 Å². The van der Waals surface area contributed by atoms with Crippen LogP contribution >= 0.6 is 0 Å². The number of halogens is 1. The molecule has 1 aromatic heterocycles. The molecule has 4 heteroatoms. The fraction of sp³-hybridized carbons (Fsp3) is 0.800. The van der Waals surface area contributed by atoms with Crippen molar-refractivity contribution >= 4 is 0 Å². The SMILES string of the molecule is Cn1c[n+]2c(n1)[C@H](F)C[C@@H]2C(C)(C)C. The second kappa shape index (κ2) is 2.78. The molecule has 0 fully saturated rings. The molecular formula is C10H17FN3+. The smallest absolute Gasteiger partial charge is 0.235 e. The van der Waals surface area contributed by atoms with E-state index >= 15 is 0 Å². The minimum atomic E-state index is -0.902. The highest BCUT2D eigenvalue weighted by atomic mass is 19.1. The summed E-state index contributed by atoms with van der Waals surface area (Å²) in [4.78, 5) is 0. The van der Waals surface area contributed by atoms with Crippen molar-refractivity contribution in [2.24, 2.45) is 12.5 Å². The van der Waals surface area contributed by atoms with E-state index in [0.29, 0.717) is 12.2 Å². The molecule has 1 aliphatic rings. The zero-order chi connectivity index (χ0) is 10.5. The summed E-state index contributed by atoms with van der Waals surface area (Å²) in [6.45, 7) is 6.42. The van der Waals surface area contributed by atoms with E-state index in [1.165, 1.54) is 0 Å². The zero-order valence-corrected chi connectivity index (χ0v) is 9.16. The molecule has 1 aromatic rings. The molecule has 0 aliphatic carbocycles. The Kier molecular flexibility index (Phi) is 1.91. The van der Waals surface area contributed by atoms with Crippen LogP contribution in [-0.2, 0) is 7.05 Å². The van der Waals surface area contributed by atoms with Crippen molar-refractivity contribution in [3.63, 3.8) is 0 Å². The van der Waals surface area contributed by atoms with E-state index in [4.69, 9.17) is 0 Å². The van der Waals surface area contributed by atoms with E-state index in [2.05, 4.69) is 25.9 Å². The molecule has 0 N–H and O–H groups in total. The summed E-state index contributed by atoms with van der Waals surface area (Å²) >= 11 is 0. The number of alkyl halides is 1. The Morgan fingerprint density at radius 1 is 1.57 bits per heavy atom. The maximum Gasteiger partial charge on any atom is 0.312 e. The highest BCUT2D eigenvalue weighted by Crippen LogP contribution is 2.39. The number of aryl methyl sites for hydroxylation is 1. The number of hydrogen-bond acceptors (Lipinski definition) is 1. The Morgan fingerprint density at radius 3 is 2.79 bits per heavy atom. The summed E-state index contributed by atoms with van der Waals surface area (Å²) in [5.74, 6) is 0.576. The first-order valence-electron chi connectivity index (χ1n) is 4.98. The van der Waals surface area contributed by atoms with Gasteiger partial charge in [0.05, 0.1) is 13.1 Å². The molecule has 0 aromatic carbocycles. The predicted molar refractivity (Wildman–Crippen MR) is 50.4 cm³/mol. The molecule has 0 saturated carbocycles. The maximum atomic E-state index is 13.6. The van der Waals surface area contributed by atoms with Gasteiger partial charge in [-0.15, -0.1) is 4.68 Å². The van der Waals surface area contributed by atoms with Crippen molar-refractivity contribution in [3.8, 4) is 0 Å². The summed E-state index contributed by atoms with van der Waals surface area (Å²) in [5, 5.41) is 4.14. The van der Waals surface area contributed by atoms with E-state index in [0.717, 1.165) is 0 Å². The van der Waals surface area contributed by atoms with Gasteiger partial charge < -0.3 is 0 Å². The monoisotopic (exact) mass is 198 g/mol. The Bertz CT molecular complexity index is 351. The molecule has 1 aliphatic heterocycles. The standard InChI is InChI=1S/C10H17FN3/c1-10(2,3)8-5-7(11)9-12-13(4)6-14(8)9/h6-8H,5H2,1-4H3/q+1/t7-,8-/m1/s1. The molecule has 0 radical (unpaired) electrons. The van der Waals surface area contributed by atoms with Crippen molar-refractivity contribution in [2.45, 2.75) is 39.4 Å². The van der Waals surface area contributed by atoms with Gasteiger partial charge in [-0.2, -0.15) is 0 Å². The van der Waals surface area contributed by atoms with Crippen LogP contribution < -0.4 is 4.57 Å². The van der Waals surface area contributed by atoms with E-state index in [1.807, 2.05) is 17.9 Å². The fourth-order valence-electron chi connectivity index (χ4n) is 2.13. The minimum Gasteiger partial charge on any atom is -0.235 e. The lowest BCUT2D eigenvalue weighted by atomic mass is 9.85. The molecule has 0 bridgehead atoms. The van der Waals surface area contributed by atoms with Crippen LogP contribution in [0.15, 0.2) is 6.33 Å². The lowest BCUT2D eigenvalue weighted by molar-refractivity contribution is -0.729. The number of fused-ring (bicyclic) bond motifs is 1. The van der Waals surface area contributed by atoms with E-state index in [-0.39, 0.29) is 11.5 Å². The number of nitrogens with zero attached hydrogens (tertiary/aromatic N) is 3. The molecule has 2 atom stereocenters. The van der Waals surface area contributed by atoms with Crippen molar-refractivity contribution < 1.29 is 8.96 Å². The third kappa shape index (κ3) is 1.33. The third-order valence-electron chi connectivity index (χ3n) is 2.86. The molecule has 78 valence electrons. The molecule has 0 spiro atoms. The van der Waals surface area contributed by atoms with E-state index in [9.17, 15) is 4.39 Å². The van der Waals surface area contributed by atoms with Crippen LogP contribution in [0.1, 0.15) is 45.2 Å². The maximum absolute atomic E-state index is 13.6. The first kappa shape index (κ1) is 9.62. The number of hydrogen-bond donors (Lipinski definition) is 0. The van der Waals surface area contributed by atoms with Crippen molar-refractivity contribution in [3.05, 3.63) is 12.2 Å². The van der Waals surface area contributed by atoms with Gasteiger partial charge in [0.25, 0.3) is 0 Å². The minimum absolute atomic E-state index is 0.0866. The average Bonchev–Trinajstić information content (AvgIpc) is 2.49. The van der Waals surface area contributed by atoms with Gasteiger partial charge >= 0.3 is 5.82 Å². The summed E-state index contributed by atoms with van der Waals surface area (Å²) in [6, 6.07) is 0.223. The Hall–Kier alpha value is -0.930. The first-order valence-corrected chi connectivity index (χ1v) is 4.98. The topological polar surface area (TPSA) is 21.7 Å². The molecule has 3 nitrogen and oxygen atoms in total. The Labute approximate surface area is 83.5 Å². The van der Waals surface area contributed by atoms with Gasteiger partial charge in [-0.1, -0.05) is 20.8 Å². The number of aromatic nitrogens is 3. The molecule has 0 saturated heterocycles. The van der Waals surface area contributed by atoms with Crippen LogP contribution in [-0.4, -0.2) is 9.78 Å². The van der Waals surface area contributed by atoms with Gasteiger partial charge in [0, 0.05) is 11.5 Å². The quantitative estimate of drug-likeness (QED) is 0.582. The Balaban J connectivity index is 2.43. The normalized spacial score (nSPS) is 26.6. The van der Waals surface area contributed by atoms with Crippen molar-refractivity contribution in [1.82, 2.24) is 9.78 Å². The molecule has 14 heavy (non-hydrogen) atoms. The van der Waals surface area contributed by atoms with Gasteiger partial charge in [0.15, 0.2) is 6.17 Å². The zero-order valence-electron chi connectivity index (χ0n) is 9.16. The van der Waals surface area contributed by atoms with Gasteiger partial charge in [-0.3, -0.25) is 0 Å². The van der Waals surface area contributed by atoms with Crippen molar-refractivity contribution in [1.29, 1.82) is 0 Å². The predicted octanol–water partition coefficient (Wildman–Crippen LogP) is 1.71. The van der Waals surface area contributed by atoms with Crippen LogP contribution in [0.4, 0.5) is 4.39 Å². The van der Waals surface area contributed by atoms with Crippen LogP contribution in [0.3, 0.4) is 0 Å². The first-order chi connectivity index (χ1) is 6.39. The van der Waals surface area contributed by atoms with Gasteiger partial charge in [0.1, 0.15) is 0 Å². The summed E-state index contributed by atoms with van der Waals surface area (Å²) in [7, 11) is 1.83. The average molecular weight is 198 g/mol. The van der Waals surface area contributed by atoms with Crippen LogP contribution in [0, 0.1) is 5.41 Å². The fourth-order valence-corrected chi connectivity index (χ4v) is 2.13. The molecule has 0 amide bonds. The lowest BCUT2D eigenvalue weighted by Crippen LogP contribution is -2.43. The van der Waals surface area contributed by atoms with E-state index < -0.39 is 6.17 Å². The van der Waals surface area contributed by atoms with Gasteiger partial charge in [-0.05, 0) is 5.41 Å². The molecule has 0 unspecified atom stereocenters. The number of rotatable bonds is 0. The third-order valence-corrected chi connectivity index (χ3v) is 2.86. The molecule has 2 heterocycles. The molecular weight excluding hydrogens is 181 g/mol. The van der Waals surface area contributed by atoms with Crippen LogP contribution in [0.2, 0.25) is 0 Å². The second-order valence-electron chi connectivity index (χ2n) is 5.14. The lowest BCUT2D eigenvalue weighted by Gasteiger charge is -2.24. The molecule has 2 rings (SSSR count). The van der Waals surface area contributed by atoms with Gasteiger partial charge in [0.2, 0.25) is 6.33 Å². The highest BCUT2D eigenvalue weighted by Gasteiger charge is 2.44. The van der Waals surface area contributed by atoms with Crippen LogP contribution in [0.5, 0.6) is 0 Å². The largest absolute Gasteiger partial charge is 0.312 e. The summed E-state index contributed by atoms with van der Waals surface area (Å²) in [6.07, 6.45) is 1.54. The van der Waals surface area contributed by atoms with E-state index in [1.54, 1.807) is 4.68 Å². The second-order valence-corrected chi connectivity index (χ2v) is 5.14. The van der Waals surface area contributed by atoms with Crippen LogP contribution in [0.25, 0.3) is 0 Å². The highest BCUT2D eigenvalue weighted by molar-refractivity contribution is 4.90. The van der Waals surface area contributed by atoms with Crippen molar-refractivity contribution in [2.75, 3.05) is 0 Å². The Morgan fingerprint density at radius 2 is 2.21 bits per heavy atom. The summed E-state index contributed by atoms with van der Waals surface area (Å²) < 4.78 is 17.3. The summed E-state index contributed by atoms with van der Waals surface area (Å²) in [5.41, 5.74) is 0.0866.